The van der Waals surface area contributed by atoms with Crippen LogP contribution in [0.3, 0.4) is 0 Å². The lowest BCUT2D eigenvalue weighted by molar-refractivity contribution is -0.136. The van der Waals surface area contributed by atoms with E-state index < -0.39 is 11.7 Å². The Bertz CT molecular complexity index is 632. The molecule has 0 unspecified atom stereocenters. The summed E-state index contributed by atoms with van der Waals surface area (Å²) in [4.78, 5) is 1.77. The van der Waals surface area contributed by atoms with Crippen LogP contribution in [0.25, 0.3) is 11.1 Å². The fourth-order valence-corrected chi connectivity index (χ4v) is 2.60. The van der Waals surface area contributed by atoms with Gasteiger partial charge in [-0.3, -0.25) is 0 Å². The summed E-state index contributed by atoms with van der Waals surface area (Å²) in [6.45, 7) is 2.59. The van der Waals surface area contributed by atoms with Crippen LogP contribution >= 0.6 is 0 Å². The molecule has 0 saturated heterocycles. The molecular weight excluding hydrogens is 263 g/mol. The van der Waals surface area contributed by atoms with E-state index in [-0.39, 0.29) is 0 Å². The SMILES string of the molecule is CCCN1c2c(-c3ccccc3)ccc(C(F)(F)F)c21. The molecule has 0 aliphatic carbocycles. The van der Waals surface area contributed by atoms with Crippen LogP contribution in [0.4, 0.5) is 24.5 Å². The second-order valence-electron chi connectivity index (χ2n) is 4.87. The highest BCUT2D eigenvalue weighted by Crippen LogP contribution is 2.59. The van der Waals surface area contributed by atoms with E-state index in [0.29, 0.717) is 12.2 Å². The third-order valence-corrected chi connectivity index (χ3v) is 3.48. The summed E-state index contributed by atoms with van der Waals surface area (Å²) < 4.78 is 39.0. The molecule has 0 spiro atoms. The van der Waals surface area contributed by atoms with Gasteiger partial charge in [0, 0.05) is 12.1 Å². The van der Waals surface area contributed by atoms with E-state index in [1.807, 2.05) is 37.3 Å². The van der Waals surface area contributed by atoms with Gasteiger partial charge in [0.25, 0.3) is 0 Å². The number of fused-ring (bicyclic) bond motifs is 1. The molecule has 3 rings (SSSR count). The predicted molar refractivity (Wildman–Crippen MR) is 74.2 cm³/mol. The van der Waals surface area contributed by atoms with Crippen LogP contribution in [0.15, 0.2) is 42.5 Å². The summed E-state index contributed by atoms with van der Waals surface area (Å²) in [6, 6.07) is 12.3. The highest BCUT2D eigenvalue weighted by molar-refractivity contribution is 6.05. The Hall–Kier alpha value is -1.97. The van der Waals surface area contributed by atoms with Crippen LogP contribution in [-0.4, -0.2) is 6.54 Å². The van der Waals surface area contributed by atoms with Crippen LogP contribution in [-0.2, 0) is 6.18 Å². The first-order valence-corrected chi connectivity index (χ1v) is 6.61. The van der Waals surface area contributed by atoms with Gasteiger partial charge in [-0.25, -0.2) is 0 Å². The van der Waals surface area contributed by atoms with Gasteiger partial charge in [0.05, 0.1) is 16.9 Å². The van der Waals surface area contributed by atoms with Crippen molar-refractivity contribution >= 4 is 11.4 Å². The molecule has 1 nitrogen and oxygen atoms in total. The standard InChI is InChI=1S/C16H14F3N/c1-2-10-20-14-12(11-6-4-3-5-7-11)8-9-13(15(14)20)16(17,18)19/h3-9H,2,10H2,1H3. The van der Waals surface area contributed by atoms with Gasteiger partial charge in [0.1, 0.15) is 0 Å². The van der Waals surface area contributed by atoms with E-state index in [1.54, 1.807) is 11.0 Å². The molecule has 2 aromatic rings. The van der Waals surface area contributed by atoms with Crippen LogP contribution in [0.5, 0.6) is 0 Å². The molecule has 0 aromatic heterocycles. The van der Waals surface area contributed by atoms with E-state index in [1.165, 1.54) is 6.07 Å². The van der Waals surface area contributed by atoms with Gasteiger partial charge < -0.3 is 4.90 Å². The maximum Gasteiger partial charge on any atom is 0.418 e. The van der Waals surface area contributed by atoms with E-state index >= 15 is 0 Å². The zero-order valence-corrected chi connectivity index (χ0v) is 11.0. The second-order valence-corrected chi connectivity index (χ2v) is 4.87. The first-order chi connectivity index (χ1) is 9.54. The summed E-state index contributed by atoms with van der Waals surface area (Å²) >= 11 is 0. The van der Waals surface area contributed by atoms with Crippen molar-refractivity contribution in [2.24, 2.45) is 0 Å². The first-order valence-electron chi connectivity index (χ1n) is 6.61. The van der Waals surface area contributed by atoms with Crippen molar-refractivity contribution in [3.8, 4) is 11.1 Å². The fraction of sp³-hybridized carbons (Fsp3) is 0.250. The van der Waals surface area contributed by atoms with Crippen molar-refractivity contribution in [1.82, 2.24) is 0 Å². The molecule has 2 aromatic carbocycles. The van der Waals surface area contributed by atoms with E-state index in [9.17, 15) is 13.2 Å². The van der Waals surface area contributed by atoms with Crippen LogP contribution in [0.1, 0.15) is 18.9 Å². The van der Waals surface area contributed by atoms with Gasteiger partial charge >= 0.3 is 6.18 Å². The van der Waals surface area contributed by atoms with Gasteiger partial charge in [0.2, 0.25) is 0 Å². The van der Waals surface area contributed by atoms with E-state index in [2.05, 4.69) is 0 Å². The molecule has 1 aliphatic heterocycles. The normalized spacial score (nSPS) is 13.3. The Morgan fingerprint density at radius 1 is 0.950 bits per heavy atom. The highest BCUT2D eigenvalue weighted by atomic mass is 19.4. The van der Waals surface area contributed by atoms with Gasteiger partial charge in [-0.1, -0.05) is 43.3 Å². The lowest BCUT2D eigenvalue weighted by atomic mass is 10.0. The molecule has 0 bridgehead atoms. The molecule has 4 heteroatoms. The lowest BCUT2D eigenvalue weighted by Gasteiger charge is -2.06. The van der Waals surface area contributed by atoms with Crippen molar-refractivity contribution in [3.63, 3.8) is 0 Å². The molecule has 0 radical (unpaired) electrons. The molecule has 20 heavy (non-hydrogen) atoms. The maximum atomic E-state index is 13.0. The van der Waals surface area contributed by atoms with Gasteiger partial charge in [-0.2, -0.15) is 13.2 Å². The largest absolute Gasteiger partial charge is 0.418 e. The van der Waals surface area contributed by atoms with Gasteiger partial charge in [-0.05, 0) is 18.1 Å². The number of anilines is 2. The monoisotopic (exact) mass is 277 g/mol. The minimum Gasteiger partial charge on any atom is -0.337 e. The molecule has 0 N–H and O–H groups in total. The van der Waals surface area contributed by atoms with Crippen molar-refractivity contribution in [1.29, 1.82) is 0 Å². The average molecular weight is 277 g/mol. The molecule has 1 aliphatic rings. The van der Waals surface area contributed by atoms with Crippen molar-refractivity contribution < 1.29 is 13.2 Å². The number of nitrogens with zero attached hydrogens (tertiary/aromatic N) is 1. The fourth-order valence-electron chi connectivity index (χ4n) is 2.60. The summed E-state index contributed by atoms with van der Waals surface area (Å²) in [5.41, 5.74) is 2.38. The summed E-state index contributed by atoms with van der Waals surface area (Å²) in [7, 11) is 0. The Labute approximate surface area is 115 Å². The third-order valence-electron chi connectivity index (χ3n) is 3.48. The van der Waals surface area contributed by atoms with Gasteiger partial charge in [-0.15, -0.1) is 0 Å². The summed E-state index contributed by atoms with van der Waals surface area (Å²) in [5, 5.41) is 0. The Morgan fingerprint density at radius 2 is 1.65 bits per heavy atom. The maximum absolute atomic E-state index is 13.0. The molecule has 0 atom stereocenters. The average Bonchev–Trinajstić information content (AvgIpc) is 3.12. The molecule has 0 saturated carbocycles. The van der Waals surface area contributed by atoms with Crippen LogP contribution < -0.4 is 4.90 Å². The molecular formula is C16H14F3N. The number of hydrogen-bond donors (Lipinski definition) is 0. The van der Waals surface area contributed by atoms with E-state index in [4.69, 9.17) is 0 Å². The van der Waals surface area contributed by atoms with Crippen molar-refractivity contribution in [3.05, 3.63) is 48.0 Å². The van der Waals surface area contributed by atoms with Crippen molar-refractivity contribution in [2.45, 2.75) is 19.5 Å². The smallest absolute Gasteiger partial charge is 0.337 e. The lowest BCUT2D eigenvalue weighted by Crippen LogP contribution is -2.06. The highest BCUT2D eigenvalue weighted by Gasteiger charge is 2.44. The second kappa shape index (κ2) is 4.54. The third kappa shape index (κ3) is 2.05. The quantitative estimate of drug-likeness (QED) is 0.694. The Morgan fingerprint density at radius 3 is 2.25 bits per heavy atom. The molecule has 0 amide bonds. The van der Waals surface area contributed by atoms with Crippen LogP contribution in [0.2, 0.25) is 0 Å². The number of alkyl halides is 3. The Balaban J connectivity index is 2.09. The van der Waals surface area contributed by atoms with Crippen LogP contribution in [0, 0.1) is 0 Å². The summed E-state index contributed by atoms with van der Waals surface area (Å²) in [6.07, 6.45) is -3.47. The summed E-state index contributed by atoms with van der Waals surface area (Å²) in [5.74, 6) is 0. The topological polar surface area (TPSA) is 3.01 Å². The number of halogens is 3. The number of benzene rings is 2. The molecule has 0 fully saturated rings. The molecule has 104 valence electrons. The first kappa shape index (κ1) is 13.0. The Kier molecular flexibility index (Phi) is 2.96. The van der Waals surface area contributed by atoms with Crippen molar-refractivity contribution in [2.75, 3.05) is 11.4 Å². The van der Waals surface area contributed by atoms with Gasteiger partial charge in [0.15, 0.2) is 0 Å². The predicted octanol–water partition coefficient (Wildman–Crippen LogP) is 5.23. The molecule has 1 heterocycles. The minimum atomic E-state index is -4.29. The minimum absolute atomic E-state index is 0.348. The number of hydrogen-bond acceptors (Lipinski definition) is 1. The van der Waals surface area contributed by atoms with E-state index in [0.717, 1.165) is 23.2 Å². The number of rotatable bonds is 3. The zero-order valence-electron chi connectivity index (χ0n) is 11.0. The zero-order chi connectivity index (χ0) is 14.3.